The number of anilines is 1. The number of allylic oxidation sites excluding steroid dienone is 2. The number of carbonyl (C=O) groups is 1. The number of methoxy groups -OCH3 is 1. The summed E-state index contributed by atoms with van der Waals surface area (Å²) in [6.45, 7) is 9.21. The first-order valence-corrected chi connectivity index (χ1v) is 14.7. The van der Waals surface area contributed by atoms with Crippen LogP contribution in [0, 0.1) is 11.3 Å². The van der Waals surface area contributed by atoms with E-state index in [2.05, 4.69) is 33.0 Å². The average molecular weight is 567 g/mol. The third-order valence-electron chi connectivity index (χ3n) is 7.08. The van der Waals surface area contributed by atoms with Crippen molar-refractivity contribution in [1.82, 2.24) is 14.8 Å². The lowest BCUT2D eigenvalue weighted by Crippen LogP contribution is -2.36. The Morgan fingerprint density at radius 1 is 1.18 bits per heavy atom. The van der Waals surface area contributed by atoms with E-state index in [0.717, 1.165) is 40.3 Å². The smallest absolute Gasteiger partial charge is 0.227 e. The Hall–Kier alpha value is -2.97. The molecule has 1 aliphatic heterocycles. The van der Waals surface area contributed by atoms with E-state index >= 15 is 0 Å². The minimum atomic E-state index is -0.416. The first-order chi connectivity index (χ1) is 18.6. The number of nitrogens with one attached hydrogen (secondary N) is 1. The molecule has 0 radical (unpaired) electrons. The molecule has 0 saturated carbocycles. The fourth-order valence-electron chi connectivity index (χ4n) is 5.09. The lowest BCUT2D eigenvalue weighted by molar-refractivity contribution is -0.118. The Morgan fingerprint density at radius 3 is 2.72 bits per heavy atom. The van der Waals surface area contributed by atoms with Gasteiger partial charge in [-0.3, -0.25) is 4.79 Å². The normalized spacial score (nSPS) is 18.0. The Bertz CT molecular complexity index is 1410. The molecule has 1 aromatic heterocycles. The van der Waals surface area contributed by atoms with E-state index in [9.17, 15) is 4.79 Å². The summed E-state index contributed by atoms with van der Waals surface area (Å²) in [5.74, 6) is 3.27. The van der Waals surface area contributed by atoms with Crippen LogP contribution >= 0.6 is 23.4 Å². The summed E-state index contributed by atoms with van der Waals surface area (Å²) in [5, 5.41) is 9.65. The predicted octanol–water partition coefficient (Wildman–Crippen LogP) is 7.32. The number of ketones is 1. The Balaban J connectivity index is 1.51. The van der Waals surface area contributed by atoms with E-state index < -0.39 is 6.04 Å². The average Bonchev–Trinajstić information content (AvgIpc) is 3.28. The van der Waals surface area contributed by atoms with Gasteiger partial charge in [-0.1, -0.05) is 75.3 Å². The highest BCUT2D eigenvalue weighted by molar-refractivity contribution is 7.98. The molecule has 5 rings (SSSR count). The van der Waals surface area contributed by atoms with Gasteiger partial charge in [0.2, 0.25) is 11.1 Å². The largest absolute Gasteiger partial charge is 0.493 e. The van der Waals surface area contributed by atoms with Crippen molar-refractivity contribution in [3.63, 3.8) is 0 Å². The summed E-state index contributed by atoms with van der Waals surface area (Å²) in [7, 11) is 1.64. The summed E-state index contributed by atoms with van der Waals surface area (Å²) in [5.41, 5.74) is 3.45. The molecule has 3 aromatic rings. The van der Waals surface area contributed by atoms with Crippen molar-refractivity contribution in [2.24, 2.45) is 11.3 Å². The summed E-state index contributed by atoms with van der Waals surface area (Å²) in [4.78, 5) is 18.4. The molecule has 0 amide bonds. The number of ether oxygens (including phenoxy) is 2. The fourth-order valence-corrected chi connectivity index (χ4v) is 6.21. The monoisotopic (exact) mass is 566 g/mol. The second kappa shape index (κ2) is 11.3. The zero-order valence-electron chi connectivity index (χ0n) is 23.1. The predicted molar refractivity (Wildman–Crippen MR) is 156 cm³/mol. The highest BCUT2D eigenvalue weighted by atomic mass is 35.5. The van der Waals surface area contributed by atoms with Crippen molar-refractivity contribution in [3.8, 4) is 11.5 Å². The van der Waals surface area contributed by atoms with Gasteiger partial charge < -0.3 is 14.8 Å². The maximum absolute atomic E-state index is 13.6. The summed E-state index contributed by atoms with van der Waals surface area (Å²) >= 11 is 7.89. The Morgan fingerprint density at radius 2 is 1.97 bits per heavy atom. The lowest BCUT2D eigenvalue weighted by atomic mass is 9.73. The fraction of sp³-hybridized carbons (Fsp3) is 0.433. The number of Topliss-reactive ketones (excluding diaryl/α,β-unsaturated/α-hetero) is 1. The second-order valence-electron chi connectivity index (χ2n) is 11.3. The molecule has 0 spiro atoms. The lowest BCUT2D eigenvalue weighted by Gasteiger charge is -2.38. The van der Waals surface area contributed by atoms with Crippen LogP contribution in [0.4, 0.5) is 5.95 Å². The van der Waals surface area contributed by atoms with Crippen LogP contribution in [-0.2, 0) is 10.5 Å². The van der Waals surface area contributed by atoms with Crippen LogP contribution in [0.15, 0.2) is 58.9 Å². The molecular weight excluding hydrogens is 532 g/mol. The number of nitrogens with zero attached hydrogens (tertiary/aromatic N) is 3. The molecule has 1 N–H and O–H groups in total. The zero-order valence-corrected chi connectivity index (χ0v) is 24.7. The van der Waals surface area contributed by atoms with Crippen LogP contribution in [0.2, 0.25) is 5.02 Å². The van der Waals surface area contributed by atoms with E-state index in [1.165, 1.54) is 11.8 Å². The SMILES string of the molecule is COc1cc(C2C3=C(CC(C)(C)CC3=O)Nc3nc(SCc4ccccc4Cl)nn32)ccc1OCCC(C)C. The molecule has 39 heavy (non-hydrogen) atoms. The van der Waals surface area contributed by atoms with Crippen LogP contribution in [-0.4, -0.2) is 34.3 Å². The van der Waals surface area contributed by atoms with Crippen molar-refractivity contribution in [2.75, 3.05) is 19.0 Å². The van der Waals surface area contributed by atoms with Crippen molar-refractivity contribution in [2.45, 2.75) is 63.9 Å². The van der Waals surface area contributed by atoms with Crippen LogP contribution in [0.5, 0.6) is 11.5 Å². The van der Waals surface area contributed by atoms with E-state index in [4.69, 9.17) is 31.2 Å². The zero-order chi connectivity index (χ0) is 27.7. The molecular formula is C30H35ClN4O3S. The molecule has 1 aliphatic carbocycles. The Labute approximate surface area is 239 Å². The van der Waals surface area contributed by atoms with Crippen molar-refractivity contribution in [1.29, 1.82) is 0 Å². The van der Waals surface area contributed by atoms with E-state index in [0.29, 0.717) is 47.3 Å². The molecule has 2 aliphatic rings. The topological polar surface area (TPSA) is 78.3 Å². The Kier molecular flexibility index (Phi) is 7.96. The van der Waals surface area contributed by atoms with Crippen LogP contribution in [0.1, 0.15) is 64.1 Å². The number of fused-ring (bicyclic) bond motifs is 1. The third kappa shape index (κ3) is 5.97. The summed E-state index contributed by atoms with van der Waals surface area (Å²) in [6.07, 6.45) is 2.19. The molecule has 0 fully saturated rings. The van der Waals surface area contributed by atoms with Crippen LogP contribution in [0.25, 0.3) is 0 Å². The molecule has 2 heterocycles. The number of halogens is 1. The number of rotatable bonds is 9. The number of thioether (sulfide) groups is 1. The standard InChI is InChI=1S/C30H35ClN4O3S/c1-18(2)12-13-38-24-11-10-19(14-25(24)37-5)27-26-22(15-30(3,4)16-23(26)36)32-28-33-29(34-35(27)28)39-17-20-8-6-7-9-21(20)31/h6-11,14,18,27H,12-13,15-17H2,1-5H3,(H,32,33,34). The second-order valence-corrected chi connectivity index (χ2v) is 12.7. The van der Waals surface area contributed by atoms with Gasteiger partial charge in [0.05, 0.1) is 13.7 Å². The van der Waals surface area contributed by atoms with Crippen molar-refractivity contribution in [3.05, 3.63) is 69.9 Å². The van der Waals surface area contributed by atoms with Crippen LogP contribution in [0.3, 0.4) is 0 Å². The first-order valence-electron chi connectivity index (χ1n) is 13.3. The minimum absolute atomic E-state index is 0.126. The molecule has 2 aromatic carbocycles. The molecule has 9 heteroatoms. The quantitative estimate of drug-likeness (QED) is 0.272. The number of benzene rings is 2. The highest BCUT2D eigenvalue weighted by Crippen LogP contribution is 2.46. The molecule has 1 unspecified atom stereocenters. The van der Waals surface area contributed by atoms with E-state index in [1.54, 1.807) is 7.11 Å². The molecule has 7 nitrogen and oxygen atoms in total. The molecule has 206 valence electrons. The van der Waals surface area contributed by atoms with Gasteiger partial charge in [-0.25, -0.2) is 4.68 Å². The minimum Gasteiger partial charge on any atom is -0.493 e. The van der Waals surface area contributed by atoms with Gasteiger partial charge in [-0.2, -0.15) is 4.98 Å². The summed E-state index contributed by atoms with van der Waals surface area (Å²) in [6, 6.07) is 13.3. The number of hydrogen-bond donors (Lipinski definition) is 1. The van der Waals surface area contributed by atoms with Crippen molar-refractivity contribution < 1.29 is 14.3 Å². The maximum Gasteiger partial charge on any atom is 0.227 e. The molecule has 1 atom stereocenters. The third-order valence-corrected chi connectivity index (χ3v) is 8.34. The summed E-state index contributed by atoms with van der Waals surface area (Å²) < 4.78 is 13.6. The van der Waals surface area contributed by atoms with Crippen molar-refractivity contribution >= 4 is 35.1 Å². The first kappa shape index (κ1) is 27.6. The number of hydrogen-bond acceptors (Lipinski definition) is 7. The van der Waals surface area contributed by atoms with E-state index in [1.807, 2.05) is 47.1 Å². The molecule has 0 bridgehead atoms. The van der Waals surface area contributed by atoms with Gasteiger partial charge in [-0.05, 0) is 53.5 Å². The van der Waals surface area contributed by atoms with Gasteiger partial charge >= 0.3 is 0 Å². The van der Waals surface area contributed by atoms with Gasteiger partial charge in [-0.15, -0.1) is 5.10 Å². The highest BCUT2D eigenvalue weighted by Gasteiger charge is 2.42. The van der Waals surface area contributed by atoms with Gasteiger partial charge in [0.15, 0.2) is 17.3 Å². The maximum atomic E-state index is 13.6. The number of aromatic nitrogens is 3. The molecule has 0 saturated heterocycles. The van der Waals surface area contributed by atoms with Crippen LogP contribution < -0.4 is 14.8 Å². The van der Waals surface area contributed by atoms with Gasteiger partial charge in [0, 0.05) is 28.5 Å². The van der Waals surface area contributed by atoms with Gasteiger partial charge in [0.1, 0.15) is 6.04 Å². The number of carbonyl (C=O) groups excluding carboxylic acids is 1. The van der Waals surface area contributed by atoms with Gasteiger partial charge in [0.25, 0.3) is 0 Å². The van der Waals surface area contributed by atoms with E-state index in [-0.39, 0.29) is 11.2 Å².